The van der Waals surface area contributed by atoms with Crippen molar-refractivity contribution >= 4 is 35.0 Å². The number of hydrogen-bond acceptors (Lipinski definition) is 6. The Morgan fingerprint density at radius 3 is 2.38 bits per heavy atom. The van der Waals surface area contributed by atoms with E-state index >= 15 is 0 Å². The minimum Gasteiger partial charge on any atom is -0.384 e. The molecule has 0 spiro atoms. The Morgan fingerprint density at radius 2 is 1.75 bits per heavy atom. The van der Waals surface area contributed by atoms with Crippen LogP contribution in [0.5, 0.6) is 0 Å². The molecule has 1 aromatic heterocycles. The highest BCUT2D eigenvalue weighted by atomic mass is 35.5. The zero-order valence-corrected chi connectivity index (χ0v) is 22.8. The number of nitrogens with two attached hydrogens (primary N) is 2. The lowest BCUT2D eigenvalue weighted by Gasteiger charge is -2.21. The third kappa shape index (κ3) is 6.65. The molecule has 0 saturated heterocycles. The molecule has 2 aromatic carbocycles. The molecule has 1 amide bonds. The molecule has 8 N–H and O–H groups in total. The molecule has 0 fully saturated rings. The Kier molecular flexibility index (Phi) is 8.80. The first kappa shape index (κ1) is 28.3. The van der Waals surface area contributed by atoms with Gasteiger partial charge in [-0.1, -0.05) is 90.8 Å². The smallest absolute Gasteiger partial charge is 0.294 e. The lowest BCUT2D eigenvalue weighted by Crippen LogP contribution is -2.35. The van der Waals surface area contributed by atoms with Crippen LogP contribution in [-0.2, 0) is 17.9 Å². The first-order valence-corrected chi connectivity index (χ1v) is 13.1. The lowest BCUT2D eigenvalue weighted by atomic mass is 9.88. The first-order valence-electron chi connectivity index (χ1n) is 12.7. The molecule has 0 bridgehead atoms. The predicted molar refractivity (Wildman–Crippen MR) is 159 cm³/mol. The van der Waals surface area contributed by atoms with E-state index in [0.717, 1.165) is 16.7 Å². The fourth-order valence-corrected chi connectivity index (χ4v) is 4.80. The topological polar surface area (TPSA) is 176 Å². The Bertz CT molecular complexity index is 1560. The van der Waals surface area contributed by atoms with Crippen LogP contribution in [0.25, 0.3) is 11.3 Å². The summed E-state index contributed by atoms with van der Waals surface area (Å²) in [6, 6.07) is 16.1. The van der Waals surface area contributed by atoms with Crippen molar-refractivity contribution in [1.29, 1.82) is 10.8 Å². The van der Waals surface area contributed by atoms with Crippen molar-refractivity contribution < 1.29 is 4.79 Å². The van der Waals surface area contributed by atoms with Crippen molar-refractivity contribution in [3.8, 4) is 11.3 Å². The summed E-state index contributed by atoms with van der Waals surface area (Å²) < 4.78 is 1.33. The molecular formula is C29H31ClN8O2. The number of nitrogens with one attached hydrogen (secondary N) is 4. The SMILES string of the molecule is CC1CC(CNc2nc(Cl)c(-c3ccccc3)n(CC(=O)NCc3ccc(C(=N)N)cc3)c2=O)=CC=C1C(=N)N. The molecule has 1 heterocycles. The zero-order chi connectivity index (χ0) is 28.8. The van der Waals surface area contributed by atoms with E-state index in [-0.39, 0.29) is 47.6 Å². The van der Waals surface area contributed by atoms with Crippen LogP contribution < -0.4 is 27.7 Å². The first-order chi connectivity index (χ1) is 19.1. The Balaban J connectivity index is 1.57. The van der Waals surface area contributed by atoms with Gasteiger partial charge < -0.3 is 22.1 Å². The van der Waals surface area contributed by atoms with Crippen molar-refractivity contribution in [2.75, 3.05) is 11.9 Å². The fourth-order valence-electron chi connectivity index (χ4n) is 4.51. The summed E-state index contributed by atoms with van der Waals surface area (Å²) in [5.41, 5.74) is 14.9. The molecule has 3 aromatic rings. The van der Waals surface area contributed by atoms with E-state index in [0.29, 0.717) is 29.8 Å². The second-order valence-corrected chi connectivity index (χ2v) is 9.92. The largest absolute Gasteiger partial charge is 0.384 e. The fraction of sp³-hybridized carbons (Fsp3) is 0.207. The van der Waals surface area contributed by atoms with Gasteiger partial charge in [0.15, 0.2) is 11.0 Å². The van der Waals surface area contributed by atoms with Crippen LogP contribution in [-0.4, -0.2) is 33.7 Å². The van der Waals surface area contributed by atoms with Gasteiger partial charge in [0, 0.05) is 24.2 Å². The maximum Gasteiger partial charge on any atom is 0.294 e. The van der Waals surface area contributed by atoms with Crippen LogP contribution in [0.15, 0.2) is 82.7 Å². The van der Waals surface area contributed by atoms with E-state index in [1.165, 1.54) is 4.57 Å². The molecule has 4 rings (SSSR count). The standard InChI is InChI=1S/C29H31ClN8O2/c1-17-13-19(9-12-22(17)27(33)34)15-36-28-29(40)38(24(25(30)37-28)20-5-3-2-4-6-20)16-23(39)35-14-18-7-10-21(11-8-18)26(31)32/h2-12,17H,13-16H2,1H3,(H3,31,32)(H3,33,34)(H,35,39)(H,36,37). The number of allylic oxidation sites excluding steroid dienone is 2. The molecule has 40 heavy (non-hydrogen) atoms. The summed E-state index contributed by atoms with van der Waals surface area (Å²) in [6.07, 6.45) is 4.39. The highest BCUT2D eigenvalue weighted by Gasteiger charge is 2.21. The average molecular weight is 559 g/mol. The number of rotatable bonds is 10. The molecule has 0 radical (unpaired) electrons. The second-order valence-electron chi connectivity index (χ2n) is 9.56. The molecule has 1 aliphatic carbocycles. The number of carbonyl (C=O) groups is 1. The Morgan fingerprint density at radius 1 is 1.05 bits per heavy atom. The second kappa shape index (κ2) is 12.4. The molecular weight excluding hydrogens is 528 g/mol. The van der Waals surface area contributed by atoms with Crippen molar-refractivity contribution in [2.45, 2.75) is 26.4 Å². The van der Waals surface area contributed by atoms with Crippen LogP contribution in [0.2, 0.25) is 5.15 Å². The molecule has 0 aliphatic heterocycles. The van der Waals surface area contributed by atoms with E-state index < -0.39 is 5.56 Å². The van der Waals surface area contributed by atoms with Gasteiger partial charge in [-0.05, 0) is 23.5 Å². The summed E-state index contributed by atoms with van der Waals surface area (Å²) in [7, 11) is 0. The number of halogens is 1. The Labute approximate surface area is 236 Å². The van der Waals surface area contributed by atoms with Gasteiger partial charge in [-0.2, -0.15) is 0 Å². The van der Waals surface area contributed by atoms with Gasteiger partial charge in [0.05, 0.1) is 5.69 Å². The monoisotopic (exact) mass is 558 g/mol. The number of hydrogen-bond donors (Lipinski definition) is 6. The summed E-state index contributed by atoms with van der Waals surface area (Å²) in [6.45, 7) is 2.30. The van der Waals surface area contributed by atoms with Gasteiger partial charge in [0.1, 0.15) is 18.2 Å². The highest BCUT2D eigenvalue weighted by Crippen LogP contribution is 2.27. The Hall–Kier alpha value is -4.70. The number of nitrogens with zero attached hydrogens (tertiary/aromatic N) is 2. The number of anilines is 1. The molecule has 1 atom stereocenters. The van der Waals surface area contributed by atoms with Crippen LogP contribution in [0.4, 0.5) is 5.82 Å². The van der Waals surface area contributed by atoms with Gasteiger partial charge >= 0.3 is 0 Å². The van der Waals surface area contributed by atoms with Crippen molar-refractivity contribution in [3.05, 3.63) is 105 Å². The third-order valence-electron chi connectivity index (χ3n) is 6.62. The maximum absolute atomic E-state index is 13.6. The van der Waals surface area contributed by atoms with Gasteiger partial charge in [0.25, 0.3) is 5.56 Å². The highest BCUT2D eigenvalue weighted by molar-refractivity contribution is 6.32. The van der Waals surface area contributed by atoms with Gasteiger partial charge in [0.2, 0.25) is 5.91 Å². The molecule has 0 saturated carbocycles. The van der Waals surface area contributed by atoms with Crippen LogP contribution in [0.1, 0.15) is 24.5 Å². The van der Waals surface area contributed by atoms with E-state index in [2.05, 4.69) is 15.6 Å². The van der Waals surface area contributed by atoms with Crippen LogP contribution >= 0.6 is 11.6 Å². The molecule has 11 heteroatoms. The van der Waals surface area contributed by atoms with Gasteiger partial charge in [-0.3, -0.25) is 25.0 Å². The summed E-state index contributed by atoms with van der Waals surface area (Å²) >= 11 is 6.60. The zero-order valence-electron chi connectivity index (χ0n) is 22.0. The number of aromatic nitrogens is 2. The van der Waals surface area contributed by atoms with Crippen molar-refractivity contribution in [2.24, 2.45) is 17.4 Å². The summed E-state index contributed by atoms with van der Waals surface area (Å²) in [5.74, 6) is -0.250. The third-order valence-corrected chi connectivity index (χ3v) is 6.88. The summed E-state index contributed by atoms with van der Waals surface area (Å²) in [4.78, 5) is 30.9. The minimum atomic E-state index is -0.478. The lowest BCUT2D eigenvalue weighted by molar-refractivity contribution is -0.121. The molecule has 1 unspecified atom stereocenters. The average Bonchev–Trinajstić information content (AvgIpc) is 2.93. The normalized spacial score (nSPS) is 14.6. The van der Waals surface area contributed by atoms with E-state index in [9.17, 15) is 9.59 Å². The number of amides is 1. The van der Waals surface area contributed by atoms with Crippen molar-refractivity contribution in [3.63, 3.8) is 0 Å². The molecule has 206 valence electrons. The van der Waals surface area contributed by atoms with E-state index in [1.807, 2.05) is 37.3 Å². The number of benzene rings is 2. The van der Waals surface area contributed by atoms with Gasteiger partial charge in [-0.25, -0.2) is 4.98 Å². The van der Waals surface area contributed by atoms with Crippen molar-refractivity contribution in [1.82, 2.24) is 14.9 Å². The minimum absolute atomic E-state index is 0.0334. The summed E-state index contributed by atoms with van der Waals surface area (Å²) in [5, 5.41) is 21.2. The predicted octanol–water partition coefficient (Wildman–Crippen LogP) is 3.40. The molecule has 1 aliphatic rings. The number of carbonyl (C=O) groups excluding carboxylic acids is 1. The van der Waals surface area contributed by atoms with E-state index in [1.54, 1.807) is 36.4 Å². The van der Waals surface area contributed by atoms with Crippen LogP contribution in [0.3, 0.4) is 0 Å². The number of amidine groups is 2. The quantitative estimate of drug-likeness (QED) is 0.164. The van der Waals surface area contributed by atoms with Crippen LogP contribution in [0, 0.1) is 16.7 Å². The molecule has 10 nitrogen and oxygen atoms in total. The maximum atomic E-state index is 13.6. The van der Waals surface area contributed by atoms with E-state index in [4.69, 9.17) is 33.9 Å². The number of nitrogen functional groups attached to an aromatic ring is 1. The van der Waals surface area contributed by atoms with Gasteiger partial charge in [-0.15, -0.1) is 0 Å².